The fourth-order valence-corrected chi connectivity index (χ4v) is 7.62. The van der Waals surface area contributed by atoms with E-state index in [0.717, 1.165) is 39.1 Å². The lowest BCUT2D eigenvalue weighted by Gasteiger charge is -2.57. The summed E-state index contributed by atoms with van der Waals surface area (Å²) in [6.07, 6.45) is 4.28. The van der Waals surface area contributed by atoms with E-state index >= 15 is 0 Å². The number of nitrogens with zero attached hydrogens (tertiary/aromatic N) is 2. The lowest BCUT2D eigenvalue weighted by molar-refractivity contribution is -0.0934. The average molecular weight is 715 g/mol. The molecule has 0 radical (unpaired) electrons. The summed E-state index contributed by atoms with van der Waals surface area (Å²) in [5.41, 5.74) is 4.40. The summed E-state index contributed by atoms with van der Waals surface area (Å²) in [4.78, 5) is 18.1. The van der Waals surface area contributed by atoms with Crippen LogP contribution in [0.25, 0.3) is 0 Å². The van der Waals surface area contributed by atoms with Gasteiger partial charge >= 0.3 is 6.03 Å². The summed E-state index contributed by atoms with van der Waals surface area (Å²) in [5.74, 6) is 0.898. The number of rotatable bonds is 9. The number of fused-ring (bicyclic) bond motifs is 1. The monoisotopic (exact) mass is 713 g/mol. The fraction of sp³-hybridized carbons (Fsp3) is 0.214. The Morgan fingerprint density at radius 3 is 1.86 bits per heavy atom. The molecule has 6 nitrogen and oxygen atoms in total. The molecule has 7 rings (SSSR count). The minimum Gasteiger partial charge on any atom is -0.497 e. The maximum atomic E-state index is 13.7. The molecule has 0 aromatic heterocycles. The zero-order valence-electron chi connectivity index (χ0n) is 27.5. The van der Waals surface area contributed by atoms with Gasteiger partial charge in [-0.05, 0) is 58.7 Å². The zero-order chi connectivity index (χ0) is 33.6. The third-order valence-electron chi connectivity index (χ3n) is 9.79. The van der Waals surface area contributed by atoms with Crippen molar-refractivity contribution in [2.75, 3.05) is 38.7 Å². The van der Waals surface area contributed by atoms with Crippen LogP contribution in [0.2, 0.25) is 0 Å². The van der Waals surface area contributed by atoms with Crippen LogP contribution in [-0.4, -0.2) is 61.3 Å². The minimum atomic E-state index is -0.817. The number of methoxy groups -OCH3 is 1. The molecule has 2 amide bonds. The van der Waals surface area contributed by atoms with Gasteiger partial charge in [0, 0.05) is 47.8 Å². The predicted molar refractivity (Wildman–Crippen MR) is 199 cm³/mol. The van der Waals surface area contributed by atoms with Gasteiger partial charge in [0.05, 0.1) is 13.7 Å². The number of halogens is 1. The van der Waals surface area contributed by atoms with Crippen molar-refractivity contribution in [2.24, 2.45) is 0 Å². The predicted octanol–water partition coefficient (Wildman–Crippen LogP) is 8.71. The van der Waals surface area contributed by atoms with E-state index < -0.39 is 5.60 Å². The third kappa shape index (κ3) is 6.79. The molecule has 2 aliphatic rings. The van der Waals surface area contributed by atoms with E-state index in [-0.39, 0.29) is 24.0 Å². The molecule has 2 heterocycles. The van der Waals surface area contributed by atoms with Crippen LogP contribution in [0.4, 0.5) is 10.5 Å². The number of hydrogen-bond acceptors (Lipinski definition) is 4. The van der Waals surface area contributed by atoms with Crippen molar-refractivity contribution >= 4 is 27.6 Å². The van der Waals surface area contributed by atoms with Crippen molar-refractivity contribution in [3.63, 3.8) is 0 Å². The molecule has 1 saturated heterocycles. The molecule has 0 aliphatic carbocycles. The van der Waals surface area contributed by atoms with E-state index in [1.54, 1.807) is 7.11 Å². The van der Waals surface area contributed by atoms with E-state index in [9.17, 15) is 4.79 Å². The lowest BCUT2D eigenvalue weighted by Crippen LogP contribution is -2.68. The first-order valence-corrected chi connectivity index (χ1v) is 17.5. The Bertz CT molecular complexity index is 1750. The van der Waals surface area contributed by atoms with E-state index in [2.05, 4.69) is 135 Å². The fourth-order valence-electron chi connectivity index (χ4n) is 7.35. The molecular weight excluding hydrogens is 674 g/mol. The Morgan fingerprint density at radius 1 is 0.755 bits per heavy atom. The Balaban J connectivity index is 1.22. The Morgan fingerprint density at radius 2 is 1.31 bits per heavy atom. The van der Waals surface area contributed by atoms with Crippen molar-refractivity contribution in [3.05, 3.63) is 178 Å². The number of benzene rings is 5. The minimum absolute atomic E-state index is 0.0796. The first-order valence-electron chi connectivity index (χ1n) is 16.7. The quantitative estimate of drug-likeness (QED) is 0.123. The number of carbonyl (C=O) groups excluding carboxylic acids is 1. The van der Waals surface area contributed by atoms with Gasteiger partial charge in [0.2, 0.25) is 0 Å². The van der Waals surface area contributed by atoms with Crippen molar-refractivity contribution in [3.8, 4) is 5.75 Å². The summed E-state index contributed by atoms with van der Waals surface area (Å²) in [6, 6.07) is 47.7. The topological polar surface area (TPSA) is 54.0 Å². The Hall–Kier alpha value is -4.69. The highest BCUT2D eigenvalue weighted by Gasteiger charge is 2.51. The van der Waals surface area contributed by atoms with Gasteiger partial charge in [0.1, 0.15) is 11.4 Å². The second kappa shape index (κ2) is 14.8. The molecule has 1 N–H and O–H groups in total. The van der Waals surface area contributed by atoms with Crippen molar-refractivity contribution in [1.82, 2.24) is 9.80 Å². The molecule has 1 fully saturated rings. The van der Waals surface area contributed by atoms with Crippen LogP contribution < -0.4 is 10.1 Å². The van der Waals surface area contributed by atoms with Gasteiger partial charge in [0.15, 0.2) is 0 Å². The van der Waals surface area contributed by atoms with Crippen LogP contribution >= 0.6 is 15.9 Å². The van der Waals surface area contributed by atoms with E-state index in [1.807, 2.05) is 47.4 Å². The molecule has 0 bridgehead atoms. The number of hydrogen-bond donors (Lipinski definition) is 1. The first-order chi connectivity index (χ1) is 24.1. The van der Waals surface area contributed by atoms with Crippen LogP contribution in [0.3, 0.4) is 0 Å². The second-order valence-corrected chi connectivity index (χ2v) is 13.4. The number of ether oxygens (including phenoxy) is 2. The summed E-state index contributed by atoms with van der Waals surface area (Å²) < 4.78 is 13.7. The highest BCUT2D eigenvalue weighted by atomic mass is 79.9. The molecule has 2 aliphatic heterocycles. The highest BCUT2D eigenvalue weighted by Crippen LogP contribution is 2.46. The second-order valence-electron chi connectivity index (χ2n) is 12.5. The number of nitrogens with one attached hydrogen (secondary N) is 1. The van der Waals surface area contributed by atoms with Gasteiger partial charge in [0.25, 0.3) is 0 Å². The largest absolute Gasteiger partial charge is 0.497 e. The average Bonchev–Trinajstić information content (AvgIpc) is 3.14. The summed E-state index contributed by atoms with van der Waals surface area (Å²) in [5, 5.41) is 3.09. The van der Waals surface area contributed by atoms with Crippen molar-refractivity contribution in [2.45, 2.75) is 23.6 Å². The molecule has 0 saturated carbocycles. The zero-order valence-corrected chi connectivity index (χ0v) is 29.1. The van der Waals surface area contributed by atoms with E-state index in [1.165, 1.54) is 5.56 Å². The lowest BCUT2D eigenvalue weighted by atomic mass is 9.74. The maximum absolute atomic E-state index is 13.7. The smallest absolute Gasteiger partial charge is 0.322 e. The van der Waals surface area contributed by atoms with Gasteiger partial charge in [-0.1, -0.05) is 131 Å². The van der Waals surface area contributed by atoms with Crippen LogP contribution in [0, 0.1) is 0 Å². The van der Waals surface area contributed by atoms with Gasteiger partial charge in [-0.2, -0.15) is 0 Å². The summed E-state index contributed by atoms with van der Waals surface area (Å²) >= 11 is 3.63. The van der Waals surface area contributed by atoms with Gasteiger partial charge in [-0.15, -0.1) is 0 Å². The molecule has 5 aromatic rings. The van der Waals surface area contributed by atoms with Crippen LogP contribution in [0.15, 0.2) is 156 Å². The first kappa shape index (κ1) is 32.8. The summed E-state index contributed by atoms with van der Waals surface area (Å²) in [6.45, 7) is 2.40. The third-order valence-corrected chi connectivity index (χ3v) is 10.3. The number of amides is 2. The molecule has 0 spiro atoms. The molecule has 3 atom stereocenters. The number of urea groups is 1. The van der Waals surface area contributed by atoms with E-state index in [4.69, 9.17) is 9.47 Å². The van der Waals surface area contributed by atoms with Crippen LogP contribution in [-0.2, 0) is 10.3 Å². The van der Waals surface area contributed by atoms with Gasteiger partial charge in [-0.3, -0.25) is 4.90 Å². The molecular formula is C42H40BrN3O3. The molecule has 49 heavy (non-hydrogen) atoms. The molecule has 5 aromatic carbocycles. The van der Waals surface area contributed by atoms with Gasteiger partial charge in [-0.25, -0.2) is 4.79 Å². The molecule has 248 valence electrons. The molecule has 7 heteroatoms. The number of carbonyl (C=O) groups is 1. The standard InChI is InChI=1S/C42H40BrN3O3/c1-48-37-25-23-36(24-26-37)44-41(47)45-27-11-12-28-46-38(29-45)40(31-19-21-35(43)22-20-31)39(46)30-49-42(32-13-5-2-6-14-32,33-15-7-3-8-16-33)34-17-9-4-10-18-34/h2-26,38-40H,27-30H2,1H3,(H,44,47)/b12-11-/t38?,39-,40?/m1/s1. The molecule has 2 unspecified atom stereocenters. The number of anilines is 1. The van der Waals surface area contributed by atoms with Crippen molar-refractivity contribution < 1.29 is 14.3 Å². The maximum Gasteiger partial charge on any atom is 0.322 e. The summed E-state index contributed by atoms with van der Waals surface area (Å²) in [7, 11) is 1.63. The Labute approximate surface area is 297 Å². The Kier molecular flexibility index (Phi) is 9.94. The van der Waals surface area contributed by atoms with Crippen LogP contribution in [0.1, 0.15) is 28.2 Å². The van der Waals surface area contributed by atoms with Crippen molar-refractivity contribution in [1.29, 1.82) is 0 Å². The van der Waals surface area contributed by atoms with Gasteiger partial charge < -0.3 is 19.7 Å². The SMILES string of the molecule is COc1ccc(NC(=O)N2C/C=C\CN3C(C2)C(c2ccc(Br)cc2)[C@H]3COC(c2ccccc2)(c2ccccc2)c2ccccc2)cc1. The van der Waals surface area contributed by atoms with Crippen LogP contribution in [0.5, 0.6) is 5.75 Å². The normalized spacial score (nSPS) is 19.9. The highest BCUT2D eigenvalue weighted by molar-refractivity contribution is 9.10. The van der Waals surface area contributed by atoms with E-state index in [0.29, 0.717) is 19.7 Å².